The highest BCUT2D eigenvalue weighted by molar-refractivity contribution is 9.10. The van der Waals surface area contributed by atoms with Crippen LogP contribution in [0.25, 0.3) is 0 Å². The van der Waals surface area contributed by atoms with E-state index in [4.69, 9.17) is 10.5 Å². The fourth-order valence-corrected chi connectivity index (χ4v) is 2.43. The largest absolute Gasteiger partial charge is 0.496 e. The lowest BCUT2D eigenvalue weighted by molar-refractivity contribution is 0.103. The van der Waals surface area contributed by atoms with E-state index in [9.17, 15) is 4.79 Å². The lowest BCUT2D eigenvalue weighted by atomic mass is 10.0. The lowest BCUT2D eigenvalue weighted by Crippen LogP contribution is -2.05. The zero-order chi connectivity index (χ0) is 14.9. The Morgan fingerprint density at radius 1 is 1.15 bits per heavy atom. The molecule has 2 aromatic carbocycles. The molecule has 0 saturated carbocycles. The number of carbonyl (C=O) groups excluding carboxylic acids is 1. The van der Waals surface area contributed by atoms with E-state index in [0.717, 1.165) is 14.5 Å². The number of ether oxygens (including phenoxy) is 1. The first kappa shape index (κ1) is 15.1. The normalized spacial score (nSPS) is 10.4. The summed E-state index contributed by atoms with van der Waals surface area (Å²) in [7, 11) is 1.55. The van der Waals surface area contributed by atoms with Gasteiger partial charge in [0.1, 0.15) is 5.75 Å². The summed E-state index contributed by atoms with van der Waals surface area (Å²) in [5.41, 5.74) is 8.39. The summed E-state index contributed by atoms with van der Waals surface area (Å²) in [4.78, 5) is 12.6. The van der Waals surface area contributed by atoms with Gasteiger partial charge in [-0.25, -0.2) is 0 Å². The number of ketones is 1. The fourth-order valence-electron chi connectivity index (χ4n) is 1.84. The maximum atomic E-state index is 12.6. The van der Waals surface area contributed by atoms with Gasteiger partial charge in [-0.2, -0.15) is 0 Å². The van der Waals surface area contributed by atoms with Gasteiger partial charge in [0.05, 0.1) is 12.7 Å². The van der Waals surface area contributed by atoms with Crippen molar-refractivity contribution in [2.75, 3.05) is 12.8 Å². The summed E-state index contributed by atoms with van der Waals surface area (Å²) >= 11 is 6.75. The first-order chi connectivity index (χ1) is 9.43. The van der Waals surface area contributed by atoms with Crippen molar-refractivity contribution in [2.45, 2.75) is 6.92 Å². The van der Waals surface area contributed by atoms with Gasteiger partial charge in [-0.3, -0.25) is 4.79 Å². The molecule has 3 nitrogen and oxygen atoms in total. The molecule has 5 heteroatoms. The Morgan fingerprint density at radius 3 is 2.45 bits per heavy atom. The first-order valence-corrected chi connectivity index (χ1v) is 7.46. The molecule has 0 aliphatic heterocycles. The van der Waals surface area contributed by atoms with Crippen molar-refractivity contribution < 1.29 is 9.53 Å². The Hall–Kier alpha value is -1.33. The Bertz CT molecular complexity index is 684. The average molecular weight is 399 g/mol. The zero-order valence-corrected chi connectivity index (χ0v) is 14.2. The van der Waals surface area contributed by atoms with Crippen LogP contribution < -0.4 is 10.5 Å². The zero-order valence-electron chi connectivity index (χ0n) is 11.0. The smallest absolute Gasteiger partial charge is 0.196 e. The molecule has 2 N–H and O–H groups in total. The molecule has 0 radical (unpaired) electrons. The van der Waals surface area contributed by atoms with E-state index >= 15 is 0 Å². The van der Waals surface area contributed by atoms with E-state index in [1.807, 2.05) is 13.0 Å². The van der Waals surface area contributed by atoms with Crippen LogP contribution in [0.1, 0.15) is 21.5 Å². The highest BCUT2D eigenvalue weighted by Crippen LogP contribution is 2.30. The molecule has 0 fully saturated rings. The molecule has 20 heavy (non-hydrogen) atoms. The first-order valence-electron chi connectivity index (χ1n) is 5.88. The van der Waals surface area contributed by atoms with Crippen molar-refractivity contribution in [2.24, 2.45) is 0 Å². The number of nitrogen functional groups attached to an aromatic ring is 1. The van der Waals surface area contributed by atoms with Gasteiger partial charge in [0.25, 0.3) is 0 Å². The molecule has 0 atom stereocenters. The highest BCUT2D eigenvalue weighted by Gasteiger charge is 2.17. The molecule has 0 amide bonds. The minimum atomic E-state index is -0.123. The number of benzene rings is 2. The summed E-state index contributed by atoms with van der Waals surface area (Å²) in [6.07, 6.45) is 0. The summed E-state index contributed by atoms with van der Waals surface area (Å²) in [6, 6.07) is 8.75. The molecule has 0 spiro atoms. The molecular weight excluding hydrogens is 386 g/mol. The number of hydrogen-bond acceptors (Lipinski definition) is 3. The van der Waals surface area contributed by atoms with Gasteiger partial charge in [0.2, 0.25) is 0 Å². The van der Waals surface area contributed by atoms with Crippen LogP contribution in [0.15, 0.2) is 39.3 Å². The number of halogens is 2. The summed E-state index contributed by atoms with van der Waals surface area (Å²) in [5, 5.41) is 0. The van der Waals surface area contributed by atoms with Crippen LogP contribution in [0.4, 0.5) is 5.69 Å². The van der Waals surface area contributed by atoms with Crippen LogP contribution in [0.2, 0.25) is 0 Å². The maximum Gasteiger partial charge on any atom is 0.196 e. The Labute approximate surface area is 134 Å². The quantitative estimate of drug-likeness (QED) is 0.617. The summed E-state index contributed by atoms with van der Waals surface area (Å²) < 4.78 is 6.93. The van der Waals surface area contributed by atoms with E-state index in [-0.39, 0.29) is 5.78 Å². The molecule has 0 unspecified atom stereocenters. The number of methoxy groups -OCH3 is 1. The Balaban J connectivity index is 2.52. The van der Waals surface area contributed by atoms with Crippen molar-refractivity contribution in [3.63, 3.8) is 0 Å². The van der Waals surface area contributed by atoms with Crippen LogP contribution in [-0.2, 0) is 0 Å². The van der Waals surface area contributed by atoms with Crippen LogP contribution in [-0.4, -0.2) is 12.9 Å². The Kier molecular flexibility index (Phi) is 4.50. The second-order valence-electron chi connectivity index (χ2n) is 4.37. The minimum Gasteiger partial charge on any atom is -0.496 e. The van der Waals surface area contributed by atoms with Gasteiger partial charge in [-0.15, -0.1) is 0 Å². The van der Waals surface area contributed by atoms with Gasteiger partial charge in [-0.1, -0.05) is 15.9 Å². The summed E-state index contributed by atoms with van der Waals surface area (Å²) in [6.45, 7) is 1.94. The van der Waals surface area contributed by atoms with Crippen molar-refractivity contribution in [1.29, 1.82) is 0 Å². The number of aryl methyl sites for hydroxylation is 1. The van der Waals surface area contributed by atoms with Gasteiger partial charge in [0, 0.05) is 20.2 Å². The average Bonchev–Trinajstić information content (AvgIpc) is 2.43. The van der Waals surface area contributed by atoms with E-state index in [1.54, 1.807) is 31.4 Å². The predicted octanol–water partition coefficient (Wildman–Crippen LogP) is 4.34. The number of carbonyl (C=O) groups is 1. The highest BCUT2D eigenvalue weighted by atomic mass is 79.9. The standard InChI is InChI=1S/C15H13Br2NO2/c1-8-5-14(20-2)10(7-12(8)17)15(19)9-3-4-11(16)13(18)6-9/h3-7H,18H2,1-2H3. The fraction of sp³-hybridized carbons (Fsp3) is 0.133. The molecule has 0 bridgehead atoms. The number of rotatable bonds is 3. The topological polar surface area (TPSA) is 52.3 Å². The third-order valence-electron chi connectivity index (χ3n) is 2.98. The molecule has 0 aliphatic carbocycles. The van der Waals surface area contributed by atoms with Crippen LogP contribution in [0.5, 0.6) is 5.75 Å². The number of hydrogen-bond donors (Lipinski definition) is 1. The van der Waals surface area contributed by atoms with Gasteiger partial charge < -0.3 is 10.5 Å². The molecule has 2 rings (SSSR count). The number of nitrogens with two attached hydrogens (primary N) is 1. The molecule has 0 saturated heterocycles. The van der Waals surface area contributed by atoms with Crippen LogP contribution in [0, 0.1) is 6.92 Å². The van der Waals surface area contributed by atoms with Gasteiger partial charge >= 0.3 is 0 Å². The van der Waals surface area contributed by atoms with E-state index < -0.39 is 0 Å². The molecule has 0 heterocycles. The third kappa shape index (κ3) is 2.88. The molecule has 0 aromatic heterocycles. The Morgan fingerprint density at radius 2 is 1.85 bits per heavy atom. The third-order valence-corrected chi connectivity index (χ3v) is 4.56. The minimum absolute atomic E-state index is 0.123. The second kappa shape index (κ2) is 5.97. The molecule has 104 valence electrons. The maximum absolute atomic E-state index is 12.6. The van der Waals surface area contributed by atoms with E-state index in [1.165, 1.54) is 0 Å². The predicted molar refractivity (Wildman–Crippen MR) is 87.4 cm³/mol. The van der Waals surface area contributed by atoms with E-state index in [0.29, 0.717) is 22.6 Å². The number of anilines is 1. The van der Waals surface area contributed by atoms with Gasteiger partial charge in [0.15, 0.2) is 5.78 Å². The summed E-state index contributed by atoms with van der Waals surface area (Å²) in [5.74, 6) is 0.430. The molecule has 2 aromatic rings. The molecular formula is C15H13Br2NO2. The van der Waals surface area contributed by atoms with Crippen molar-refractivity contribution in [3.8, 4) is 5.75 Å². The lowest BCUT2D eigenvalue weighted by Gasteiger charge is -2.11. The van der Waals surface area contributed by atoms with Crippen LogP contribution in [0.3, 0.4) is 0 Å². The van der Waals surface area contributed by atoms with Crippen molar-refractivity contribution in [1.82, 2.24) is 0 Å². The van der Waals surface area contributed by atoms with Crippen molar-refractivity contribution >= 4 is 43.3 Å². The van der Waals surface area contributed by atoms with Crippen molar-refractivity contribution in [3.05, 3.63) is 56.0 Å². The van der Waals surface area contributed by atoms with Crippen LogP contribution >= 0.6 is 31.9 Å². The second-order valence-corrected chi connectivity index (χ2v) is 6.08. The molecule has 0 aliphatic rings. The SMILES string of the molecule is COc1cc(C)c(Br)cc1C(=O)c1ccc(Br)c(N)c1. The van der Waals surface area contributed by atoms with E-state index in [2.05, 4.69) is 31.9 Å². The van der Waals surface area contributed by atoms with Gasteiger partial charge in [-0.05, 0) is 58.7 Å². The monoisotopic (exact) mass is 397 g/mol.